The fraction of sp³-hybridized carbons (Fsp3) is 0.375. The molecule has 3 aliphatic rings. The van der Waals surface area contributed by atoms with Crippen LogP contribution in [0.15, 0.2) is 36.7 Å². The molecule has 1 amide bonds. The SMILES string of the molecule is O=C1[C@@H]2COCCN2c2nc(NCc3ccc(Oc4ccc(C(F)(F)F)nc4)nc3)nc3c2N1CCC3. The van der Waals surface area contributed by atoms with Gasteiger partial charge < -0.3 is 24.6 Å². The summed E-state index contributed by atoms with van der Waals surface area (Å²) in [5.74, 6) is 1.64. The van der Waals surface area contributed by atoms with Crippen molar-refractivity contribution in [2.24, 2.45) is 0 Å². The third-order valence-corrected chi connectivity index (χ3v) is 6.45. The molecule has 0 aromatic carbocycles. The summed E-state index contributed by atoms with van der Waals surface area (Å²) in [6, 6.07) is 5.09. The first kappa shape index (κ1) is 23.4. The van der Waals surface area contributed by atoms with E-state index < -0.39 is 11.9 Å². The number of rotatable bonds is 5. The molecule has 0 radical (unpaired) electrons. The Balaban J connectivity index is 1.15. The molecule has 0 spiro atoms. The Morgan fingerprint density at radius 3 is 2.76 bits per heavy atom. The molecule has 0 unspecified atom stereocenters. The molecule has 1 saturated heterocycles. The maximum Gasteiger partial charge on any atom is 0.433 e. The van der Waals surface area contributed by atoms with E-state index in [0.29, 0.717) is 38.8 Å². The smallest absolute Gasteiger partial charge is 0.433 e. The first-order chi connectivity index (χ1) is 17.9. The van der Waals surface area contributed by atoms with Gasteiger partial charge in [0.25, 0.3) is 5.91 Å². The number of aromatic nitrogens is 4. The molecule has 3 aromatic heterocycles. The average Bonchev–Trinajstić information content (AvgIpc) is 2.91. The molecule has 13 heteroatoms. The Bertz CT molecular complexity index is 1320. The second kappa shape index (κ2) is 9.14. The summed E-state index contributed by atoms with van der Waals surface area (Å²) in [6.45, 7) is 2.52. The van der Waals surface area contributed by atoms with Gasteiger partial charge in [0.05, 0.1) is 25.1 Å². The van der Waals surface area contributed by atoms with Crippen molar-refractivity contribution in [1.82, 2.24) is 19.9 Å². The van der Waals surface area contributed by atoms with Gasteiger partial charge in [-0.15, -0.1) is 0 Å². The second-order valence-corrected chi connectivity index (χ2v) is 8.88. The lowest BCUT2D eigenvalue weighted by Gasteiger charge is -2.45. The van der Waals surface area contributed by atoms with Gasteiger partial charge in [0, 0.05) is 31.9 Å². The number of hydrogen-bond acceptors (Lipinski definition) is 9. The highest BCUT2D eigenvalue weighted by Gasteiger charge is 2.43. The first-order valence-electron chi connectivity index (χ1n) is 11.8. The Kier molecular flexibility index (Phi) is 5.78. The van der Waals surface area contributed by atoms with Crippen molar-refractivity contribution in [3.05, 3.63) is 53.6 Å². The van der Waals surface area contributed by atoms with Crippen molar-refractivity contribution in [3.8, 4) is 11.6 Å². The lowest BCUT2D eigenvalue weighted by Crippen LogP contribution is -2.60. The summed E-state index contributed by atoms with van der Waals surface area (Å²) in [7, 11) is 0. The quantitative estimate of drug-likeness (QED) is 0.551. The van der Waals surface area contributed by atoms with Crippen LogP contribution in [0.3, 0.4) is 0 Å². The minimum atomic E-state index is -4.51. The van der Waals surface area contributed by atoms with Gasteiger partial charge in [0.15, 0.2) is 5.82 Å². The summed E-state index contributed by atoms with van der Waals surface area (Å²) >= 11 is 0. The molecule has 6 rings (SSSR count). The molecule has 1 N–H and O–H groups in total. The topological polar surface area (TPSA) is 106 Å². The average molecular weight is 513 g/mol. The van der Waals surface area contributed by atoms with Crippen LogP contribution in [0, 0.1) is 0 Å². The van der Waals surface area contributed by atoms with Gasteiger partial charge in [-0.3, -0.25) is 4.79 Å². The Morgan fingerprint density at radius 1 is 1.11 bits per heavy atom. The van der Waals surface area contributed by atoms with Crippen LogP contribution < -0.4 is 19.9 Å². The van der Waals surface area contributed by atoms with Crippen molar-refractivity contribution in [3.63, 3.8) is 0 Å². The Morgan fingerprint density at radius 2 is 2.00 bits per heavy atom. The van der Waals surface area contributed by atoms with Gasteiger partial charge in [0.2, 0.25) is 11.8 Å². The van der Waals surface area contributed by atoms with Crippen LogP contribution in [0.4, 0.5) is 30.6 Å². The number of pyridine rings is 2. The molecule has 1 fully saturated rings. The van der Waals surface area contributed by atoms with E-state index in [1.165, 1.54) is 6.07 Å². The highest BCUT2D eigenvalue weighted by molar-refractivity contribution is 6.06. The van der Waals surface area contributed by atoms with E-state index >= 15 is 0 Å². The number of anilines is 3. The van der Waals surface area contributed by atoms with Crippen LogP contribution in [-0.4, -0.2) is 58.2 Å². The van der Waals surface area contributed by atoms with E-state index in [4.69, 9.17) is 14.5 Å². The van der Waals surface area contributed by atoms with Crippen LogP contribution in [-0.2, 0) is 28.7 Å². The van der Waals surface area contributed by atoms with E-state index in [1.807, 2.05) is 4.90 Å². The Hall–Kier alpha value is -4.00. The van der Waals surface area contributed by atoms with Crippen LogP contribution in [0.1, 0.15) is 23.4 Å². The zero-order valence-electron chi connectivity index (χ0n) is 19.5. The van der Waals surface area contributed by atoms with Gasteiger partial charge in [-0.2, -0.15) is 18.2 Å². The van der Waals surface area contributed by atoms with Crippen molar-refractivity contribution in [1.29, 1.82) is 0 Å². The van der Waals surface area contributed by atoms with E-state index in [1.54, 1.807) is 23.2 Å². The van der Waals surface area contributed by atoms with E-state index in [-0.39, 0.29) is 23.6 Å². The summed E-state index contributed by atoms with van der Waals surface area (Å²) in [5.41, 5.74) is 1.50. The largest absolute Gasteiger partial charge is 0.437 e. The van der Waals surface area contributed by atoms with E-state index in [2.05, 4.69) is 20.3 Å². The number of nitrogens with zero attached hydrogens (tertiary/aromatic N) is 6. The fourth-order valence-electron chi connectivity index (χ4n) is 4.68. The van der Waals surface area contributed by atoms with Crippen LogP contribution >= 0.6 is 0 Å². The lowest BCUT2D eigenvalue weighted by molar-refractivity contribution is -0.141. The van der Waals surface area contributed by atoms with E-state index in [0.717, 1.165) is 47.9 Å². The normalized spacial score (nSPS) is 18.8. The number of fused-ring (bicyclic) bond motifs is 2. The fourth-order valence-corrected chi connectivity index (χ4v) is 4.68. The second-order valence-electron chi connectivity index (χ2n) is 8.88. The predicted octanol–water partition coefficient (Wildman–Crippen LogP) is 3.19. The number of amides is 1. The zero-order chi connectivity index (χ0) is 25.6. The molecule has 0 aliphatic carbocycles. The maximum atomic E-state index is 13.0. The molecule has 37 heavy (non-hydrogen) atoms. The first-order valence-corrected chi connectivity index (χ1v) is 11.8. The number of morpholine rings is 1. The number of halogens is 3. The molecule has 6 heterocycles. The molecular formula is C24H22F3N7O3. The molecule has 3 aromatic rings. The third-order valence-electron chi connectivity index (χ3n) is 6.45. The third kappa shape index (κ3) is 4.50. The summed E-state index contributed by atoms with van der Waals surface area (Å²) in [5, 5.41) is 3.24. The summed E-state index contributed by atoms with van der Waals surface area (Å²) in [6.07, 6.45) is -0.299. The molecule has 1 atom stereocenters. The minimum absolute atomic E-state index is 0.0397. The summed E-state index contributed by atoms with van der Waals surface area (Å²) in [4.78, 5) is 33.9. The standard InChI is InChI=1S/C24H22F3N7O3/c25-24(26,27)18-5-4-15(12-28-18)37-19-6-3-14(10-29-19)11-30-23-31-16-2-1-7-34-20(16)21(32-23)33-8-9-36-13-17(33)22(34)35/h3-6,10,12,17H,1-2,7-9,11,13H2,(H,30,31,32)/t17-/m0/s1. The molecule has 0 saturated carbocycles. The highest BCUT2D eigenvalue weighted by Crippen LogP contribution is 2.41. The number of hydrogen-bond donors (Lipinski definition) is 1. The van der Waals surface area contributed by atoms with Gasteiger partial charge in [0.1, 0.15) is 23.2 Å². The number of carbonyl (C=O) groups is 1. The molecule has 0 bridgehead atoms. The predicted molar refractivity (Wildman–Crippen MR) is 126 cm³/mol. The monoisotopic (exact) mass is 513 g/mol. The molecule has 192 valence electrons. The molecule has 3 aliphatic heterocycles. The Labute approximate surface area is 209 Å². The summed E-state index contributed by atoms with van der Waals surface area (Å²) < 4.78 is 49.1. The minimum Gasteiger partial charge on any atom is -0.437 e. The number of alkyl halides is 3. The van der Waals surface area contributed by atoms with Crippen LogP contribution in [0.25, 0.3) is 0 Å². The molecular weight excluding hydrogens is 491 g/mol. The van der Waals surface area contributed by atoms with Gasteiger partial charge in [-0.05, 0) is 30.5 Å². The van der Waals surface area contributed by atoms with Gasteiger partial charge in [-0.1, -0.05) is 6.07 Å². The van der Waals surface area contributed by atoms with Crippen LogP contribution in [0.5, 0.6) is 11.6 Å². The van der Waals surface area contributed by atoms with Crippen molar-refractivity contribution in [2.75, 3.05) is 41.4 Å². The van der Waals surface area contributed by atoms with E-state index in [9.17, 15) is 18.0 Å². The zero-order valence-corrected chi connectivity index (χ0v) is 19.5. The number of carbonyl (C=O) groups excluding carboxylic acids is 1. The van der Waals surface area contributed by atoms with Crippen LogP contribution in [0.2, 0.25) is 0 Å². The number of nitrogens with one attached hydrogen (secondary N) is 1. The van der Waals surface area contributed by atoms with Crippen molar-refractivity contribution < 1.29 is 27.4 Å². The van der Waals surface area contributed by atoms with Gasteiger partial charge in [-0.25, -0.2) is 15.0 Å². The van der Waals surface area contributed by atoms with Crippen molar-refractivity contribution >= 4 is 23.4 Å². The highest BCUT2D eigenvalue weighted by atomic mass is 19.4. The maximum absolute atomic E-state index is 13.0. The lowest BCUT2D eigenvalue weighted by atomic mass is 10.0. The van der Waals surface area contributed by atoms with Crippen molar-refractivity contribution in [2.45, 2.75) is 31.6 Å². The number of ether oxygens (including phenoxy) is 2. The molecule has 10 nitrogen and oxygen atoms in total. The number of aryl methyl sites for hydroxylation is 1. The van der Waals surface area contributed by atoms with Gasteiger partial charge >= 0.3 is 6.18 Å².